The number of rotatable bonds is 45. The summed E-state index contributed by atoms with van der Waals surface area (Å²) in [6.07, 6.45) is 58.9. The lowest BCUT2D eigenvalue weighted by Crippen LogP contribution is -2.45. The van der Waals surface area contributed by atoms with Gasteiger partial charge in [-0.25, -0.2) is 0 Å². The van der Waals surface area contributed by atoms with Gasteiger partial charge in [0.1, 0.15) is 0 Å². The Hall–Kier alpha value is -1.43. The Morgan fingerprint density at radius 2 is 0.768 bits per heavy atom. The molecule has 0 aliphatic carbocycles. The number of carbonyl (C=O) groups is 1. The smallest absolute Gasteiger partial charge is 0.222 e. The minimum Gasteiger partial charge on any atom is -0.394 e. The normalized spacial score (nSPS) is 13.7. The lowest BCUT2D eigenvalue weighted by atomic mass is 10.0. The Morgan fingerprint density at radius 3 is 1.14 bits per heavy atom. The van der Waals surface area contributed by atoms with Gasteiger partial charge in [0.25, 0.3) is 0 Å². The molecule has 0 bridgehead atoms. The average Bonchev–Trinajstić information content (AvgIpc) is 3.19. The van der Waals surface area contributed by atoms with Crippen molar-refractivity contribution >= 4 is 5.91 Å². The number of carbonyl (C=O) groups excluding carboxylic acids is 1. The molecule has 0 aliphatic heterocycles. The van der Waals surface area contributed by atoms with Crippen molar-refractivity contribution in [3.05, 3.63) is 36.5 Å². The van der Waals surface area contributed by atoms with Crippen LogP contribution in [0.15, 0.2) is 36.5 Å². The van der Waals surface area contributed by atoms with Crippen LogP contribution in [0, 0.1) is 0 Å². The number of allylic oxidation sites excluding steroid dienone is 5. The minimum atomic E-state index is -0.950. The Balaban J connectivity index is 3.55. The number of aliphatic hydroxyl groups excluding tert-OH is 3. The molecular weight excluding hydrogens is 691 g/mol. The summed E-state index contributed by atoms with van der Waals surface area (Å²) in [5, 5.41) is 33.2. The Morgan fingerprint density at radius 1 is 0.446 bits per heavy atom. The number of unbranched alkanes of at least 4 members (excludes halogenated alkanes) is 32. The SMILES string of the molecule is CCCCCCCC/C=C/CC/C=C/C(O)C(CO)NC(=O)CC(O)CCCCCCCCCCCCCCC/C=C\CCCCCCCCCCCCCC. The van der Waals surface area contributed by atoms with E-state index in [1.807, 2.05) is 6.08 Å². The molecule has 0 heterocycles. The first-order chi connectivity index (χ1) is 27.5. The topological polar surface area (TPSA) is 89.8 Å². The summed E-state index contributed by atoms with van der Waals surface area (Å²) in [7, 11) is 0. The summed E-state index contributed by atoms with van der Waals surface area (Å²) < 4.78 is 0. The zero-order valence-corrected chi connectivity index (χ0v) is 37.5. The molecule has 0 saturated heterocycles. The number of aliphatic hydroxyl groups is 3. The Labute approximate surface area is 349 Å². The zero-order valence-electron chi connectivity index (χ0n) is 37.5. The van der Waals surface area contributed by atoms with Gasteiger partial charge in [-0.3, -0.25) is 4.79 Å². The molecule has 0 saturated carbocycles. The molecular formula is C51H97NO4. The highest BCUT2D eigenvalue weighted by Gasteiger charge is 2.20. The molecule has 56 heavy (non-hydrogen) atoms. The van der Waals surface area contributed by atoms with E-state index in [0.29, 0.717) is 6.42 Å². The molecule has 0 aromatic rings. The fourth-order valence-corrected chi connectivity index (χ4v) is 7.59. The van der Waals surface area contributed by atoms with Crippen LogP contribution in [0.25, 0.3) is 0 Å². The van der Waals surface area contributed by atoms with Crippen molar-refractivity contribution in [1.29, 1.82) is 0 Å². The molecule has 0 radical (unpaired) electrons. The molecule has 0 aromatic heterocycles. The van der Waals surface area contributed by atoms with Crippen LogP contribution >= 0.6 is 0 Å². The van der Waals surface area contributed by atoms with Crippen molar-refractivity contribution in [2.45, 2.75) is 276 Å². The Bertz CT molecular complexity index is 870. The van der Waals surface area contributed by atoms with Gasteiger partial charge in [-0.1, -0.05) is 230 Å². The van der Waals surface area contributed by atoms with E-state index in [1.165, 1.54) is 199 Å². The summed E-state index contributed by atoms with van der Waals surface area (Å²) in [4.78, 5) is 12.4. The van der Waals surface area contributed by atoms with Crippen molar-refractivity contribution in [2.24, 2.45) is 0 Å². The standard InChI is InChI=1S/C51H97NO4/c1-3-5-7-9-11-13-15-17-18-19-20-21-22-23-24-25-26-27-28-29-30-31-32-33-34-36-38-40-42-44-48(54)46-51(56)52-49(47-53)50(55)45-43-41-39-37-35-16-14-12-10-8-6-4-2/h23-24,35,37,43,45,48-50,53-55H,3-22,25-34,36,38-42,44,46-47H2,1-2H3,(H,52,56)/b24-23-,37-35+,45-43+. The highest BCUT2D eigenvalue weighted by Crippen LogP contribution is 2.16. The van der Waals surface area contributed by atoms with E-state index >= 15 is 0 Å². The molecule has 0 fully saturated rings. The van der Waals surface area contributed by atoms with Gasteiger partial charge in [0.15, 0.2) is 0 Å². The predicted octanol–water partition coefficient (Wildman–Crippen LogP) is 14.7. The van der Waals surface area contributed by atoms with E-state index in [4.69, 9.17) is 0 Å². The molecule has 5 nitrogen and oxygen atoms in total. The van der Waals surface area contributed by atoms with E-state index in [9.17, 15) is 20.1 Å². The largest absolute Gasteiger partial charge is 0.394 e. The number of nitrogens with one attached hydrogen (secondary N) is 1. The highest BCUT2D eigenvalue weighted by molar-refractivity contribution is 5.76. The maximum atomic E-state index is 12.4. The maximum absolute atomic E-state index is 12.4. The van der Waals surface area contributed by atoms with Gasteiger partial charge in [0, 0.05) is 0 Å². The van der Waals surface area contributed by atoms with Crippen LogP contribution in [0.4, 0.5) is 0 Å². The van der Waals surface area contributed by atoms with Gasteiger partial charge in [-0.05, 0) is 57.8 Å². The second-order valence-electron chi connectivity index (χ2n) is 17.1. The van der Waals surface area contributed by atoms with Crippen LogP contribution in [-0.4, -0.2) is 46.1 Å². The summed E-state index contributed by atoms with van der Waals surface area (Å²) in [5.74, 6) is -0.325. The maximum Gasteiger partial charge on any atom is 0.222 e. The van der Waals surface area contributed by atoms with Crippen molar-refractivity contribution in [3.63, 3.8) is 0 Å². The van der Waals surface area contributed by atoms with Crippen molar-refractivity contribution in [1.82, 2.24) is 5.32 Å². The van der Waals surface area contributed by atoms with Crippen LogP contribution < -0.4 is 5.32 Å². The van der Waals surface area contributed by atoms with Gasteiger partial charge >= 0.3 is 0 Å². The zero-order chi connectivity index (χ0) is 40.8. The van der Waals surface area contributed by atoms with Gasteiger partial charge in [0.2, 0.25) is 5.91 Å². The van der Waals surface area contributed by atoms with Crippen LogP contribution in [0.5, 0.6) is 0 Å². The van der Waals surface area contributed by atoms with E-state index in [-0.39, 0.29) is 18.9 Å². The number of hydrogen-bond donors (Lipinski definition) is 4. The molecule has 0 aromatic carbocycles. The van der Waals surface area contributed by atoms with Gasteiger partial charge in [-0.15, -0.1) is 0 Å². The van der Waals surface area contributed by atoms with Crippen LogP contribution in [0.1, 0.15) is 258 Å². The second kappa shape index (κ2) is 46.3. The van der Waals surface area contributed by atoms with E-state index < -0.39 is 18.2 Å². The molecule has 330 valence electrons. The fourth-order valence-electron chi connectivity index (χ4n) is 7.59. The summed E-state index contributed by atoms with van der Waals surface area (Å²) in [5.41, 5.74) is 0. The Kier molecular flexibility index (Phi) is 45.1. The fraction of sp³-hybridized carbons (Fsp3) is 0.863. The number of amides is 1. The molecule has 5 heteroatoms. The summed E-state index contributed by atoms with van der Waals surface area (Å²) in [6, 6.07) is -0.759. The first-order valence-electron chi connectivity index (χ1n) is 24.8. The lowest BCUT2D eigenvalue weighted by molar-refractivity contribution is -0.124. The molecule has 0 rings (SSSR count). The van der Waals surface area contributed by atoms with E-state index in [2.05, 4.69) is 43.5 Å². The summed E-state index contributed by atoms with van der Waals surface area (Å²) in [6.45, 7) is 4.19. The minimum absolute atomic E-state index is 0.00686. The summed E-state index contributed by atoms with van der Waals surface area (Å²) >= 11 is 0. The highest BCUT2D eigenvalue weighted by atomic mass is 16.3. The quantitative estimate of drug-likeness (QED) is 0.0365. The molecule has 0 aliphatic rings. The average molecular weight is 788 g/mol. The first-order valence-corrected chi connectivity index (χ1v) is 24.8. The van der Waals surface area contributed by atoms with E-state index in [0.717, 1.165) is 32.1 Å². The third-order valence-corrected chi connectivity index (χ3v) is 11.4. The lowest BCUT2D eigenvalue weighted by Gasteiger charge is -2.21. The molecule has 0 spiro atoms. The number of hydrogen-bond acceptors (Lipinski definition) is 4. The van der Waals surface area contributed by atoms with Crippen molar-refractivity contribution in [3.8, 4) is 0 Å². The second-order valence-corrected chi connectivity index (χ2v) is 17.1. The molecule has 1 amide bonds. The van der Waals surface area contributed by atoms with Crippen LogP contribution in [0.3, 0.4) is 0 Å². The van der Waals surface area contributed by atoms with Crippen molar-refractivity contribution in [2.75, 3.05) is 6.61 Å². The monoisotopic (exact) mass is 788 g/mol. The predicted molar refractivity (Wildman–Crippen MR) is 245 cm³/mol. The van der Waals surface area contributed by atoms with Crippen LogP contribution in [-0.2, 0) is 4.79 Å². The van der Waals surface area contributed by atoms with Crippen molar-refractivity contribution < 1.29 is 20.1 Å². The van der Waals surface area contributed by atoms with Gasteiger partial charge < -0.3 is 20.6 Å². The van der Waals surface area contributed by atoms with E-state index in [1.54, 1.807) is 6.08 Å². The molecule has 3 atom stereocenters. The third-order valence-electron chi connectivity index (χ3n) is 11.4. The molecule has 4 N–H and O–H groups in total. The molecule has 3 unspecified atom stereocenters. The first kappa shape index (κ1) is 54.6. The van der Waals surface area contributed by atoms with Gasteiger partial charge in [0.05, 0.1) is 31.3 Å². The third kappa shape index (κ3) is 42.2. The van der Waals surface area contributed by atoms with Gasteiger partial charge in [-0.2, -0.15) is 0 Å². The van der Waals surface area contributed by atoms with Crippen LogP contribution in [0.2, 0.25) is 0 Å².